The van der Waals surface area contributed by atoms with Crippen molar-refractivity contribution < 1.29 is 25.6 Å². The minimum Gasteiger partial charge on any atom is -0.433 e. The molecule has 0 spiro atoms. The summed E-state index contributed by atoms with van der Waals surface area (Å²) in [4.78, 5) is 55.9. The van der Waals surface area contributed by atoms with E-state index in [9.17, 15) is 24.2 Å². The van der Waals surface area contributed by atoms with Crippen molar-refractivity contribution in [2.75, 3.05) is 47.8 Å². The van der Waals surface area contributed by atoms with Crippen LogP contribution in [0.15, 0.2) is 158 Å². The van der Waals surface area contributed by atoms with E-state index in [1.54, 1.807) is 12.9 Å². The molecule has 2 fully saturated rings. The number of rotatable bonds is 8. The molecular weight excluding hydrogens is 859 g/mol. The van der Waals surface area contributed by atoms with Gasteiger partial charge in [-0.15, -0.1) is 12.8 Å². The van der Waals surface area contributed by atoms with E-state index in [1.165, 1.54) is 6.40 Å². The Hall–Kier alpha value is -8.14. The fourth-order valence-electron chi connectivity index (χ4n) is 9.34. The van der Waals surface area contributed by atoms with Gasteiger partial charge in [0.15, 0.2) is 0 Å². The number of hydrogen-bond donors (Lipinski definition) is 5. The second-order valence-corrected chi connectivity index (χ2v) is 17.6. The van der Waals surface area contributed by atoms with Crippen molar-refractivity contribution in [3.05, 3.63) is 169 Å². The average molecular weight is 916 g/mol. The maximum Gasteiger partial charge on any atom is 0.406 e. The summed E-state index contributed by atoms with van der Waals surface area (Å²) in [7, 11) is -0.704. The number of anilines is 4. The van der Waals surface area contributed by atoms with Crippen LogP contribution in [0.2, 0.25) is 6.82 Å². The molecular formula is C57H55BN6O5. The van der Waals surface area contributed by atoms with Gasteiger partial charge in [-0.1, -0.05) is 109 Å². The zero-order valence-corrected chi connectivity index (χ0v) is 38.5. The Bertz CT molecular complexity index is 3250. The predicted molar refractivity (Wildman–Crippen MR) is 282 cm³/mol. The molecule has 346 valence electrons. The number of benzene rings is 8. The highest BCUT2D eigenvalue weighted by Crippen LogP contribution is 2.32. The lowest BCUT2D eigenvalue weighted by molar-refractivity contribution is -0.121. The Morgan fingerprint density at radius 2 is 0.957 bits per heavy atom. The summed E-state index contributed by atoms with van der Waals surface area (Å²) >= 11 is 0. The van der Waals surface area contributed by atoms with E-state index >= 15 is 0 Å². The van der Waals surface area contributed by atoms with Crippen molar-refractivity contribution in [1.29, 1.82) is 0 Å². The number of nitrogens with two attached hydrogens (primary N) is 1. The van der Waals surface area contributed by atoms with Crippen LogP contribution in [-0.2, 0) is 9.59 Å². The van der Waals surface area contributed by atoms with Gasteiger partial charge in [0.2, 0.25) is 11.8 Å². The van der Waals surface area contributed by atoms with E-state index in [4.69, 9.17) is 7.10 Å². The first-order valence-corrected chi connectivity index (χ1v) is 23.3. The Morgan fingerprint density at radius 3 is 1.41 bits per heavy atom. The SMILES string of the molecule is CB(O)Nc1cc(NC(=O)C2CCN(C(=O)c3ccc4ccccc4c3)CC2)c2ccccc2c1.Nc1cc(NC(=O)C2CCN(C(=O)c3ccc4ccccc4c3)CC2)c2ccccc2c1.[2H]C#C. The van der Waals surface area contributed by atoms with E-state index in [-0.39, 0.29) is 35.5 Å². The first-order chi connectivity index (χ1) is 34.0. The second kappa shape index (κ2) is 21.7. The third kappa shape index (κ3) is 11.2. The Labute approximate surface area is 404 Å². The third-order valence-electron chi connectivity index (χ3n) is 12.9. The van der Waals surface area contributed by atoms with E-state index in [1.807, 2.05) is 161 Å². The number of amides is 4. The highest BCUT2D eigenvalue weighted by Gasteiger charge is 2.30. The summed E-state index contributed by atoms with van der Waals surface area (Å²) in [6.45, 7) is 3.89. The molecule has 0 bridgehead atoms. The zero-order chi connectivity index (χ0) is 49.1. The monoisotopic (exact) mass is 915 g/mol. The number of terminal acetylenes is 1. The van der Waals surface area contributed by atoms with Gasteiger partial charge in [-0.25, -0.2) is 0 Å². The zero-order valence-electron chi connectivity index (χ0n) is 39.5. The second-order valence-electron chi connectivity index (χ2n) is 17.6. The number of nitrogens with zero attached hydrogens (tertiary/aromatic N) is 2. The lowest BCUT2D eigenvalue weighted by Gasteiger charge is -2.31. The number of piperidine rings is 2. The smallest absolute Gasteiger partial charge is 0.406 e. The molecule has 6 N–H and O–H groups in total. The fourth-order valence-corrected chi connectivity index (χ4v) is 9.34. The highest BCUT2D eigenvalue weighted by atomic mass is 16.2. The molecule has 69 heavy (non-hydrogen) atoms. The molecule has 4 amide bonds. The molecule has 8 aromatic carbocycles. The molecule has 0 atom stereocenters. The van der Waals surface area contributed by atoms with Crippen molar-refractivity contribution in [1.82, 2.24) is 9.80 Å². The van der Waals surface area contributed by atoms with Gasteiger partial charge in [-0.05, 0) is 113 Å². The van der Waals surface area contributed by atoms with Crippen LogP contribution >= 0.6 is 0 Å². The van der Waals surface area contributed by atoms with Crippen LogP contribution in [0.25, 0.3) is 43.1 Å². The van der Waals surface area contributed by atoms with Crippen molar-refractivity contribution in [2.24, 2.45) is 11.8 Å². The van der Waals surface area contributed by atoms with Crippen LogP contribution < -0.4 is 21.6 Å². The van der Waals surface area contributed by atoms with Crippen molar-refractivity contribution >= 4 is 96.5 Å². The minimum atomic E-state index is -0.704. The van der Waals surface area contributed by atoms with Crippen LogP contribution in [0.1, 0.15) is 47.8 Å². The molecule has 2 heterocycles. The molecule has 8 aromatic rings. The van der Waals surface area contributed by atoms with Crippen molar-refractivity contribution in [3.8, 4) is 12.8 Å². The van der Waals surface area contributed by atoms with Gasteiger partial charge in [0.05, 0.1) is 11.4 Å². The van der Waals surface area contributed by atoms with E-state index in [0.717, 1.165) is 54.5 Å². The lowest BCUT2D eigenvalue weighted by atomic mass is 9.88. The van der Waals surface area contributed by atoms with Gasteiger partial charge >= 0.3 is 7.05 Å². The molecule has 2 saturated heterocycles. The van der Waals surface area contributed by atoms with E-state index < -0.39 is 7.05 Å². The Morgan fingerprint density at radius 1 is 0.565 bits per heavy atom. The van der Waals surface area contributed by atoms with Crippen LogP contribution in [0.3, 0.4) is 0 Å². The molecule has 12 heteroatoms. The summed E-state index contributed by atoms with van der Waals surface area (Å²) in [5.74, 6) is -0.312. The molecule has 0 aromatic heterocycles. The van der Waals surface area contributed by atoms with Crippen LogP contribution in [0.5, 0.6) is 0 Å². The molecule has 11 nitrogen and oxygen atoms in total. The van der Waals surface area contributed by atoms with Crippen LogP contribution in [-0.4, -0.2) is 71.7 Å². The predicted octanol–water partition coefficient (Wildman–Crippen LogP) is 10.3. The molecule has 0 saturated carbocycles. The van der Waals surface area contributed by atoms with Gasteiger partial charge in [0.1, 0.15) is 1.37 Å². The first-order valence-electron chi connectivity index (χ1n) is 23.8. The Kier molecular flexibility index (Phi) is 14.4. The topological polar surface area (TPSA) is 157 Å². The van der Waals surface area contributed by atoms with Gasteiger partial charge in [-0.2, -0.15) is 0 Å². The summed E-state index contributed by atoms with van der Waals surface area (Å²) in [6, 6.07) is 50.9. The standard InChI is InChI=1S/C28H28BN3O3.C27H25N3O2.C2H2/c1-29(35)31-24-17-22-8-4-5-9-25(22)26(18-24)30-27(33)20-12-14-32(15-13-20)28(34)23-11-10-19-6-2-3-7-21(19)16-23;28-23-16-21-7-3-4-8-24(21)25(17-23)29-26(31)19-11-13-30(14-12-19)27(32)22-10-9-18-5-1-2-6-20(18)15-22;1-2/h2-11,16-18,20,31,35H,12-15H2,1H3,(H,30,33);1-10,15-17,19H,11-14,28H2,(H,29,31);1-2H/i;;1D. The fraction of sp³-hybridized carbons (Fsp3) is 0.193. The normalized spacial score (nSPS) is 14.1. The van der Waals surface area contributed by atoms with Crippen molar-refractivity contribution in [3.63, 3.8) is 0 Å². The summed E-state index contributed by atoms with van der Waals surface area (Å²) in [6.07, 6.45) is 8.29. The lowest BCUT2D eigenvalue weighted by Crippen LogP contribution is -2.41. The minimum absolute atomic E-state index is 0.0116. The number of fused-ring (bicyclic) bond motifs is 4. The molecule has 2 aliphatic rings. The van der Waals surface area contributed by atoms with Gasteiger partial charge in [0.25, 0.3) is 11.8 Å². The average Bonchev–Trinajstić information content (AvgIpc) is 3.38. The molecule has 10 rings (SSSR count). The highest BCUT2D eigenvalue weighted by molar-refractivity contribution is 6.52. The van der Waals surface area contributed by atoms with E-state index in [2.05, 4.69) is 22.3 Å². The van der Waals surface area contributed by atoms with Crippen molar-refractivity contribution in [2.45, 2.75) is 32.5 Å². The summed E-state index contributed by atoms with van der Waals surface area (Å²) in [5.41, 5.74) is 10.2. The van der Waals surface area contributed by atoms with Gasteiger partial charge in [-0.3, -0.25) is 19.2 Å². The number of carbonyl (C=O) groups excluding carboxylic acids is 4. The third-order valence-corrected chi connectivity index (χ3v) is 12.9. The maximum atomic E-state index is 13.2. The van der Waals surface area contributed by atoms with Gasteiger partial charge < -0.3 is 36.4 Å². The first kappa shape index (κ1) is 46.0. The molecule has 0 radical (unpaired) electrons. The quantitative estimate of drug-likeness (QED) is 0.0577. The molecule has 2 aliphatic heterocycles. The molecule has 0 aliphatic carbocycles. The number of hydrogen-bond acceptors (Lipinski definition) is 7. The van der Waals surface area contributed by atoms with Crippen LogP contribution in [0, 0.1) is 24.7 Å². The number of nitrogen functional groups attached to an aromatic ring is 1. The van der Waals surface area contributed by atoms with Crippen LogP contribution in [0.4, 0.5) is 22.7 Å². The number of nitrogens with one attached hydrogen (secondary N) is 3. The Balaban J connectivity index is 0.000000179. The largest absolute Gasteiger partial charge is 0.433 e. The maximum absolute atomic E-state index is 13.2. The molecule has 0 unspecified atom stereocenters. The van der Waals surface area contributed by atoms with E-state index in [0.29, 0.717) is 74.4 Å². The number of carbonyl (C=O) groups is 4. The number of likely N-dealkylation sites (tertiary alicyclic amines) is 2. The summed E-state index contributed by atoms with van der Waals surface area (Å²) < 4.78 is 5.74. The van der Waals surface area contributed by atoms with Gasteiger partial charge in [0, 0.05) is 71.3 Å². The summed E-state index contributed by atoms with van der Waals surface area (Å²) in [5, 5.41) is 27.1.